The largest absolute Gasteiger partial charge is 0.497 e. The molecule has 5 amide bonds. The summed E-state index contributed by atoms with van der Waals surface area (Å²) in [5.41, 5.74) is -0.577. The van der Waals surface area contributed by atoms with Crippen LogP contribution in [-0.4, -0.2) is 72.9 Å². The molecule has 9 heteroatoms. The van der Waals surface area contributed by atoms with Crippen molar-refractivity contribution in [3.63, 3.8) is 0 Å². The maximum atomic E-state index is 13.7. The van der Waals surface area contributed by atoms with E-state index < -0.39 is 5.41 Å². The number of likely N-dealkylation sites (tertiary alicyclic amines) is 1. The summed E-state index contributed by atoms with van der Waals surface area (Å²) in [6.45, 7) is 1.89. The number of hydrogen-bond donors (Lipinski definition) is 2. The normalized spacial score (nSPS) is 23.7. The molecule has 1 saturated carbocycles. The molecule has 1 aromatic carbocycles. The fraction of sp³-hybridized carbons (Fsp3) is 0.565. The first-order valence-electron chi connectivity index (χ1n) is 11.2. The summed E-state index contributed by atoms with van der Waals surface area (Å²) in [4.78, 5) is 54.3. The monoisotopic (exact) mass is 442 g/mol. The molecule has 2 saturated heterocycles. The molecule has 1 aliphatic carbocycles. The Labute approximate surface area is 187 Å². The molecule has 172 valence electrons. The summed E-state index contributed by atoms with van der Waals surface area (Å²) in [5, 5.41) is 5.55. The number of methoxy groups -OCH3 is 1. The quantitative estimate of drug-likeness (QED) is 0.588. The zero-order chi connectivity index (χ0) is 22.7. The van der Waals surface area contributed by atoms with Crippen molar-refractivity contribution in [2.24, 2.45) is 0 Å². The second-order valence-electron chi connectivity index (χ2n) is 8.74. The van der Waals surface area contributed by atoms with Gasteiger partial charge < -0.3 is 20.3 Å². The molecule has 0 aromatic heterocycles. The van der Waals surface area contributed by atoms with Gasteiger partial charge in [-0.2, -0.15) is 0 Å². The minimum absolute atomic E-state index is 0.0172. The van der Waals surface area contributed by atoms with Gasteiger partial charge >= 0.3 is 6.03 Å². The highest BCUT2D eigenvalue weighted by atomic mass is 16.5. The van der Waals surface area contributed by atoms with Gasteiger partial charge in [0, 0.05) is 45.1 Å². The topological polar surface area (TPSA) is 108 Å². The summed E-state index contributed by atoms with van der Waals surface area (Å²) in [5.74, 6) is -0.163. The van der Waals surface area contributed by atoms with Gasteiger partial charge in [0.05, 0.1) is 12.5 Å². The van der Waals surface area contributed by atoms with Crippen molar-refractivity contribution in [3.8, 4) is 5.75 Å². The highest BCUT2D eigenvalue weighted by Gasteiger charge is 2.55. The van der Waals surface area contributed by atoms with Gasteiger partial charge in [-0.25, -0.2) is 4.79 Å². The van der Waals surface area contributed by atoms with Crippen molar-refractivity contribution < 1.29 is 23.9 Å². The van der Waals surface area contributed by atoms with Crippen LogP contribution in [-0.2, 0) is 19.8 Å². The molecular formula is C23H30N4O5. The summed E-state index contributed by atoms with van der Waals surface area (Å²) < 4.78 is 5.23. The molecule has 2 N–H and O–H groups in total. The van der Waals surface area contributed by atoms with Crippen LogP contribution in [0.25, 0.3) is 0 Å². The van der Waals surface area contributed by atoms with Crippen LogP contribution in [0.5, 0.6) is 5.75 Å². The zero-order valence-corrected chi connectivity index (χ0v) is 18.4. The molecule has 0 bridgehead atoms. The van der Waals surface area contributed by atoms with Crippen molar-refractivity contribution in [3.05, 3.63) is 29.8 Å². The number of carbonyl (C=O) groups excluding carboxylic acids is 4. The van der Waals surface area contributed by atoms with Crippen molar-refractivity contribution >= 4 is 23.8 Å². The standard InChI is InChI=1S/C23H30N4O5/c1-32-18-8-6-16(7-9-18)23(14-19(28)24-10-12-26-13-11-25-22(26)31)15-20(29)27(21(23)30)17-4-2-3-5-17/h6-9,17H,2-5,10-15H2,1H3,(H,24,28)(H,25,31). The van der Waals surface area contributed by atoms with E-state index in [1.807, 2.05) is 0 Å². The average Bonchev–Trinajstić information content (AvgIpc) is 3.50. The van der Waals surface area contributed by atoms with E-state index in [2.05, 4.69) is 10.6 Å². The lowest BCUT2D eigenvalue weighted by Crippen LogP contribution is -2.46. The Bertz CT molecular complexity index is 896. The van der Waals surface area contributed by atoms with Crippen LogP contribution in [0.1, 0.15) is 44.1 Å². The van der Waals surface area contributed by atoms with Gasteiger partial charge in [0.2, 0.25) is 17.7 Å². The first kappa shape index (κ1) is 22.1. The lowest BCUT2D eigenvalue weighted by atomic mass is 9.75. The maximum absolute atomic E-state index is 13.7. The predicted molar refractivity (Wildman–Crippen MR) is 116 cm³/mol. The van der Waals surface area contributed by atoms with E-state index in [9.17, 15) is 19.2 Å². The number of rotatable bonds is 8. The minimum Gasteiger partial charge on any atom is -0.497 e. The summed E-state index contributed by atoms with van der Waals surface area (Å²) in [7, 11) is 1.56. The third-order valence-corrected chi connectivity index (χ3v) is 6.79. The molecular weight excluding hydrogens is 412 g/mol. The fourth-order valence-electron chi connectivity index (χ4n) is 5.06. The van der Waals surface area contributed by atoms with E-state index in [1.165, 1.54) is 4.90 Å². The van der Waals surface area contributed by atoms with E-state index in [-0.39, 0.29) is 42.6 Å². The molecule has 1 aromatic rings. The highest BCUT2D eigenvalue weighted by molar-refractivity contribution is 6.11. The third-order valence-electron chi connectivity index (χ3n) is 6.79. The average molecular weight is 443 g/mol. The molecule has 9 nitrogen and oxygen atoms in total. The van der Waals surface area contributed by atoms with E-state index in [0.29, 0.717) is 37.5 Å². The second kappa shape index (κ2) is 9.18. The summed E-state index contributed by atoms with van der Waals surface area (Å²) in [6.07, 6.45) is 3.51. The first-order chi connectivity index (χ1) is 15.4. The Morgan fingerprint density at radius 2 is 1.91 bits per heavy atom. The summed E-state index contributed by atoms with van der Waals surface area (Å²) in [6, 6.07) is 6.81. The number of nitrogens with one attached hydrogen (secondary N) is 2. The first-order valence-corrected chi connectivity index (χ1v) is 11.2. The van der Waals surface area contributed by atoms with Crippen LogP contribution in [0, 0.1) is 0 Å². The molecule has 0 spiro atoms. The van der Waals surface area contributed by atoms with Gasteiger partial charge in [-0.15, -0.1) is 0 Å². The molecule has 1 atom stereocenters. The second-order valence-corrected chi connectivity index (χ2v) is 8.74. The van der Waals surface area contributed by atoms with E-state index >= 15 is 0 Å². The van der Waals surface area contributed by atoms with Gasteiger partial charge in [0.15, 0.2) is 0 Å². The van der Waals surface area contributed by atoms with Crippen LogP contribution in [0.2, 0.25) is 0 Å². The van der Waals surface area contributed by atoms with E-state index in [4.69, 9.17) is 4.74 Å². The maximum Gasteiger partial charge on any atom is 0.317 e. The predicted octanol–water partition coefficient (Wildman–Crippen LogP) is 1.17. The zero-order valence-electron chi connectivity index (χ0n) is 18.4. The number of hydrogen-bond acceptors (Lipinski definition) is 5. The molecule has 3 aliphatic rings. The number of nitrogens with zero attached hydrogens (tertiary/aromatic N) is 2. The van der Waals surface area contributed by atoms with Gasteiger partial charge in [-0.05, 0) is 30.5 Å². The fourth-order valence-corrected chi connectivity index (χ4v) is 5.06. The van der Waals surface area contributed by atoms with Crippen molar-refractivity contribution in [2.75, 3.05) is 33.3 Å². The van der Waals surface area contributed by atoms with Crippen LogP contribution < -0.4 is 15.4 Å². The molecule has 3 fully saturated rings. The highest BCUT2D eigenvalue weighted by Crippen LogP contribution is 2.43. The van der Waals surface area contributed by atoms with Crippen LogP contribution >= 0.6 is 0 Å². The Morgan fingerprint density at radius 3 is 2.53 bits per heavy atom. The van der Waals surface area contributed by atoms with Crippen LogP contribution in [0.3, 0.4) is 0 Å². The van der Waals surface area contributed by atoms with E-state index in [0.717, 1.165) is 25.7 Å². The van der Waals surface area contributed by atoms with Crippen LogP contribution in [0.4, 0.5) is 4.79 Å². The van der Waals surface area contributed by atoms with Crippen molar-refractivity contribution in [1.82, 2.24) is 20.4 Å². The SMILES string of the molecule is COc1ccc(C2(CC(=O)NCCN3CCNC3=O)CC(=O)N(C3CCCC3)C2=O)cc1. The van der Waals surface area contributed by atoms with Gasteiger partial charge in [-0.3, -0.25) is 19.3 Å². The van der Waals surface area contributed by atoms with Gasteiger partial charge in [-0.1, -0.05) is 25.0 Å². The summed E-state index contributed by atoms with van der Waals surface area (Å²) >= 11 is 0. The number of urea groups is 1. The number of benzene rings is 1. The molecule has 2 aliphatic heterocycles. The van der Waals surface area contributed by atoms with Gasteiger partial charge in [0.25, 0.3) is 0 Å². The lowest BCUT2D eigenvalue weighted by molar-refractivity contribution is -0.143. The molecule has 0 radical (unpaired) electrons. The molecule has 1 unspecified atom stereocenters. The van der Waals surface area contributed by atoms with Gasteiger partial charge in [0.1, 0.15) is 5.75 Å². The lowest BCUT2D eigenvalue weighted by Gasteiger charge is -2.29. The number of carbonyl (C=O) groups is 4. The minimum atomic E-state index is -1.22. The molecule has 2 heterocycles. The Hall–Kier alpha value is -3.10. The van der Waals surface area contributed by atoms with E-state index in [1.54, 1.807) is 36.3 Å². The molecule has 4 rings (SSSR count). The van der Waals surface area contributed by atoms with Crippen molar-refractivity contribution in [2.45, 2.75) is 50.0 Å². The van der Waals surface area contributed by atoms with Crippen LogP contribution in [0.15, 0.2) is 24.3 Å². The Balaban J connectivity index is 1.52. The third kappa shape index (κ3) is 4.16. The number of imide groups is 1. The van der Waals surface area contributed by atoms with Crippen molar-refractivity contribution in [1.29, 1.82) is 0 Å². The smallest absolute Gasteiger partial charge is 0.317 e. The Kier molecular flexibility index (Phi) is 6.34. The number of amides is 5. The molecule has 32 heavy (non-hydrogen) atoms. The number of ether oxygens (including phenoxy) is 1. The Morgan fingerprint density at radius 1 is 1.19 bits per heavy atom.